The lowest BCUT2D eigenvalue weighted by Gasteiger charge is -2.20. The summed E-state index contributed by atoms with van der Waals surface area (Å²) in [6.07, 6.45) is 4.53. The second-order valence-electron chi connectivity index (χ2n) is 10.9. The van der Waals surface area contributed by atoms with Gasteiger partial charge in [0.25, 0.3) is 0 Å². The quantitative estimate of drug-likeness (QED) is 0.199. The van der Waals surface area contributed by atoms with E-state index in [0.717, 1.165) is 29.0 Å². The first-order valence-electron chi connectivity index (χ1n) is 14.8. The van der Waals surface area contributed by atoms with E-state index >= 15 is 0 Å². The zero-order valence-corrected chi connectivity index (χ0v) is 23.9. The average molecular weight is 552 g/mol. The van der Waals surface area contributed by atoms with Crippen LogP contribution in [0, 0.1) is 0 Å². The highest BCUT2D eigenvalue weighted by atomic mass is 15.1. The molecule has 8 rings (SSSR count). The highest BCUT2D eigenvalue weighted by Crippen LogP contribution is 2.45. The Morgan fingerprint density at radius 1 is 0.512 bits per heavy atom. The number of nitrogens with zero attached hydrogens (tertiary/aromatic N) is 3. The molecule has 43 heavy (non-hydrogen) atoms. The summed E-state index contributed by atoms with van der Waals surface area (Å²) in [4.78, 5) is 9.19. The van der Waals surface area contributed by atoms with Gasteiger partial charge in [0.1, 0.15) is 5.82 Å². The van der Waals surface area contributed by atoms with Gasteiger partial charge < -0.3 is 0 Å². The van der Waals surface area contributed by atoms with Crippen molar-refractivity contribution in [2.24, 2.45) is 0 Å². The van der Waals surface area contributed by atoms with Crippen LogP contribution in [-0.4, -0.2) is 14.5 Å². The molecule has 0 aliphatic carbocycles. The minimum absolute atomic E-state index is 0.846. The zero-order chi connectivity index (χ0) is 28.8. The lowest BCUT2D eigenvalue weighted by molar-refractivity contribution is 0.909. The number of benzene rings is 6. The Kier molecular flexibility index (Phi) is 6.08. The van der Waals surface area contributed by atoms with Crippen molar-refractivity contribution in [3.05, 3.63) is 152 Å². The molecule has 204 valence electrons. The highest BCUT2D eigenvalue weighted by molar-refractivity contribution is 6.22. The van der Waals surface area contributed by atoms with Crippen molar-refractivity contribution in [3.63, 3.8) is 0 Å². The SMILES string of the molecule is CCc1nc2ccccc2n1-c1ccccc1-c1c2ccccc2c(-c2ccc(-c3ccncc3)cc2)c2ccccc12. The smallest absolute Gasteiger partial charge is 0.114 e. The molecule has 0 atom stereocenters. The third-order valence-corrected chi connectivity index (χ3v) is 8.48. The second kappa shape index (κ2) is 10.4. The van der Waals surface area contributed by atoms with Crippen molar-refractivity contribution in [1.82, 2.24) is 14.5 Å². The van der Waals surface area contributed by atoms with Crippen LogP contribution in [0.2, 0.25) is 0 Å². The molecule has 0 aliphatic rings. The molecule has 6 aromatic carbocycles. The molecule has 0 unspecified atom stereocenters. The van der Waals surface area contributed by atoms with Gasteiger partial charge in [-0.2, -0.15) is 0 Å². The van der Waals surface area contributed by atoms with Crippen LogP contribution in [0.5, 0.6) is 0 Å². The van der Waals surface area contributed by atoms with Gasteiger partial charge in [-0.1, -0.05) is 110 Å². The topological polar surface area (TPSA) is 30.7 Å². The molecule has 0 aliphatic heterocycles. The monoisotopic (exact) mass is 551 g/mol. The van der Waals surface area contributed by atoms with Crippen LogP contribution >= 0.6 is 0 Å². The number of aryl methyl sites for hydroxylation is 1. The average Bonchev–Trinajstić information content (AvgIpc) is 3.46. The second-order valence-corrected chi connectivity index (χ2v) is 10.9. The molecule has 0 bridgehead atoms. The molecular formula is C40H29N3. The van der Waals surface area contributed by atoms with E-state index in [0.29, 0.717) is 0 Å². The summed E-state index contributed by atoms with van der Waals surface area (Å²) in [7, 11) is 0. The highest BCUT2D eigenvalue weighted by Gasteiger charge is 2.20. The Morgan fingerprint density at radius 3 is 1.72 bits per heavy atom. The third-order valence-electron chi connectivity index (χ3n) is 8.48. The Labute approximate surface area is 250 Å². The normalized spacial score (nSPS) is 11.5. The lowest BCUT2D eigenvalue weighted by Crippen LogP contribution is -2.03. The minimum Gasteiger partial charge on any atom is -0.296 e. The first-order valence-corrected chi connectivity index (χ1v) is 14.8. The number of pyridine rings is 1. The van der Waals surface area contributed by atoms with Crippen LogP contribution in [-0.2, 0) is 6.42 Å². The Morgan fingerprint density at radius 2 is 1.05 bits per heavy atom. The fraction of sp³-hybridized carbons (Fsp3) is 0.0500. The summed E-state index contributed by atoms with van der Waals surface area (Å²) in [6, 6.07) is 48.0. The predicted molar refractivity (Wildman–Crippen MR) is 180 cm³/mol. The third kappa shape index (κ3) is 4.12. The molecule has 3 heteroatoms. The van der Waals surface area contributed by atoms with Gasteiger partial charge in [-0.05, 0) is 79.7 Å². The fourth-order valence-electron chi connectivity index (χ4n) is 6.57. The molecular weight excluding hydrogens is 522 g/mol. The molecule has 0 saturated carbocycles. The summed E-state index contributed by atoms with van der Waals surface area (Å²) in [6.45, 7) is 2.18. The van der Waals surface area contributed by atoms with Gasteiger partial charge in [0.2, 0.25) is 0 Å². The summed E-state index contributed by atoms with van der Waals surface area (Å²) in [5.41, 5.74) is 10.6. The van der Waals surface area contributed by atoms with Crippen LogP contribution in [0.1, 0.15) is 12.7 Å². The Bertz CT molecular complexity index is 2200. The largest absolute Gasteiger partial charge is 0.296 e. The number of para-hydroxylation sites is 3. The Hall–Kier alpha value is -5.54. The van der Waals surface area contributed by atoms with Crippen molar-refractivity contribution in [3.8, 4) is 39.1 Å². The molecule has 0 spiro atoms. The molecule has 2 heterocycles. The molecule has 2 aromatic heterocycles. The van der Waals surface area contributed by atoms with Gasteiger partial charge >= 0.3 is 0 Å². The van der Waals surface area contributed by atoms with Crippen LogP contribution in [0.4, 0.5) is 0 Å². The maximum atomic E-state index is 5.01. The predicted octanol–water partition coefficient (Wildman–Crippen LogP) is 10.3. The van der Waals surface area contributed by atoms with E-state index in [2.05, 4.69) is 150 Å². The van der Waals surface area contributed by atoms with E-state index in [1.54, 1.807) is 0 Å². The molecule has 0 N–H and O–H groups in total. The van der Waals surface area contributed by atoms with Gasteiger partial charge in [0, 0.05) is 24.4 Å². The van der Waals surface area contributed by atoms with Crippen molar-refractivity contribution in [2.45, 2.75) is 13.3 Å². The molecule has 0 radical (unpaired) electrons. The van der Waals surface area contributed by atoms with Crippen LogP contribution < -0.4 is 0 Å². The first kappa shape index (κ1) is 25.2. The van der Waals surface area contributed by atoms with Crippen molar-refractivity contribution in [1.29, 1.82) is 0 Å². The molecule has 0 fully saturated rings. The van der Waals surface area contributed by atoms with Gasteiger partial charge in [-0.15, -0.1) is 0 Å². The Balaban J connectivity index is 1.41. The number of fused-ring (bicyclic) bond motifs is 3. The number of hydrogen-bond acceptors (Lipinski definition) is 2. The van der Waals surface area contributed by atoms with E-state index in [1.807, 2.05) is 12.4 Å². The zero-order valence-electron chi connectivity index (χ0n) is 23.9. The van der Waals surface area contributed by atoms with Gasteiger partial charge in [0.15, 0.2) is 0 Å². The van der Waals surface area contributed by atoms with Crippen molar-refractivity contribution >= 4 is 32.6 Å². The first-order chi connectivity index (χ1) is 21.3. The summed E-state index contributed by atoms with van der Waals surface area (Å²) >= 11 is 0. The van der Waals surface area contributed by atoms with Gasteiger partial charge in [-0.3, -0.25) is 9.55 Å². The molecule has 0 amide bonds. The van der Waals surface area contributed by atoms with Crippen LogP contribution in [0.3, 0.4) is 0 Å². The maximum Gasteiger partial charge on any atom is 0.114 e. The van der Waals surface area contributed by atoms with E-state index in [9.17, 15) is 0 Å². The summed E-state index contributed by atoms with van der Waals surface area (Å²) in [5, 5.41) is 4.97. The lowest BCUT2D eigenvalue weighted by atomic mass is 9.85. The summed E-state index contributed by atoms with van der Waals surface area (Å²) in [5.74, 6) is 1.06. The number of hydrogen-bond donors (Lipinski definition) is 0. The number of aromatic nitrogens is 3. The van der Waals surface area contributed by atoms with E-state index in [-0.39, 0.29) is 0 Å². The fourth-order valence-corrected chi connectivity index (χ4v) is 6.57. The summed E-state index contributed by atoms with van der Waals surface area (Å²) < 4.78 is 2.35. The minimum atomic E-state index is 0.846. The van der Waals surface area contributed by atoms with E-state index in [1.165, 1.54) is 54.9 Å². The maximum absolute atomic E-state index is 5.01. The molecule has 8 aromatic rings. The van der Waals surface area contributed by atoms with Crippen LogP contribution in [0.15, 0.2) is 146 Å². The number of rotatable bonds is 5. The van der Waals surface area contributed by atoms with E-state index in [4.69, 9.17) is 4.98 Å². The van der Waals surface area contributed by atoms with Crippen molar-refractivity contribution in [2.75, 3.05) is 0 Å². The van der Waals surface area contributed by atoms with Gasteiger partial charge in [0.05, 0.1) is 16.7 Å². The molecule has 0 saturated heterocycles. The van der Waals surface area contributed by atoms with Crippen LogP contribution in [0.25, 0.3) is 71.6 Å². The standard InChI is InChI=1S/C40H29N3/c1-2-38-42-35-16-8-10-18-37(35)43(38)36-17-9-7-15-34(36)40-32-13-5-3-11-30(32)39(31-12-4-6-14-33(31)40)29-21-19-27(20-22-29)28-23-25-41-26-24-28/h3-26H,2H2,1H3. The van der Waals surface area contributed by atoms with E-state index < -0.39 is 0 Å². The number of imidazole rings is 1. The molecule has 3 nitrogen and oxygen atoms in total. The van der Waals surface area contributed by atoms with Crippen molar-refractivity contribution < 1.29 is 0 Å². The van der Waals surface area contributed by atoms with Gasteiger partial charge in [-0.25, -0.2) is 4.98 Å².